The molecular formula is C12H21NS. The number of hydrogen-bond donors (Lipinski definition) is 1. The van der Waals surface area contributed by atoms with Crippen LogP contribution in [0.3, 0.4) is 0 Å². The molecule has 1 nitrogen and oxygen atoms in total. The molecule has 0 bridgehead atoms. The highest BCUT2D eigenvalue weighted by atomic mass is 32.1. The van der Waals surface area contributed by atoms with Gasteiger partial charge in [-0.2, -0.15) is 11.3 Å². The average molecular weight is 211 g/mol. The predicted molar refractivity (Wildman–Crippen MR) is 64.9 cm³/mol. The molecule has 0 aliphatic carbocycles. The largest absolute Gasteiger partial charge is 0.310 e. The SMILES string of the molecule is CCNC(CC(C)C)c1cscc1C. The molecule has 1 atom stereocenters. The molecule has 1 aromatic heterocycles. The molecule has 0 saturated heterocycles. The summed E-state index contributed by atoms with van der Waals surface area (Å²) in [4.78, 5) is 0. The lowest BCUT2D eigenvalue weighted by atomic mass is 9.97. The molecule has 1 N–H and O–H groups in total. The minimum atomic E-state index is 0.547. The first-order valence-corrected chi connectivity index (χ1v) is 6.35. The van der Waals surface area contributed by atoms with Crippen molar-refractivity contribution in [2.75, 3.05) is 6.54 Å². The van der Waals surface area contributed by atoms with Crippen LogP contribution in [-0.4, -0.2) is 6.54 Å². The summed E-state index contributed by atoms with van der Waals surface area (Å²) in [5.74, 6) is 0.748. The Kier molecular flexibility index (Phi) is 4.63. The Morgan fingerprint density at radius 2 is 2.07 bits per heavy atom. The van der Waals surface area contributed by atoms with Crippen LogP contribution in [0.1, 0.15) is 44.4 Å². The van der Waals surface area contributed by atoms with Crippen LogP contribution in [0.5, 0.6) is 0 Å². The maximum absolute atomic E-state index is 3.56. The molecule has 1 heterocycles. The van der Waals surface area contributed by atoms with Gasteiger partial charge in [0.1, 0.15) is 0 Å². The molecule has 0 fully saturated rings. The summed E-state index contributed by atoms with van der Waals surface area (Å²) in [7, 11) is 0. The summed E-state index contributed by atoms with van der Waals surface area (Å²) in [5, 5.41) is 8.08. The molecule has 2 heteroatoms. The fraction of sp³-hybridized carbons (Fsp3) is 0.667. The van der Waals surface area contributed by atoms with E-state index < -0.39 is 0 Å². The summed E-state index contributed by atoms with van der Waals surface area (Å²) in [6.45, 7) is 10.00. The van der Waals surface area contributed by atoms with E-state index in [0.29, 0.717) is 6.04 Å². The Bertz CT molecular complexity index is 265. The Labute approximate surface area is 91.5 Å². The van der Waals surface area contributed by atoms with E-state index >= 15 is 0 Å². The van der Waals surface area contributed by atoms with Crippen LogP contribution in [0, 0.1) is 12.8 Å². The van der Waals surface area contributed by atoms with Crippen molar-refractivity contribution in [3.05, 3.63) is 21.9 Å². The second-order valence-corrected chi connectivity index (χ2v) is 4.99. The monoisotopic (exact) mass is 211 g/mol. The van der Waals surface area contributed by atoms with Crippen LogP contribution in [0.4, 0.5) is 0 Å². The van der Waals surface area contributed by atoms with Gasteiger partial charge in [0, 0.05) is 6.04 Å². The minimum absolute atomic E-state index is 0.547. The van der Waals surface area contributed by atoms with Gasteiger partial charge in [-0.05, 0) is 47.7 Å². The van der Waals surface area contributed by atoms with Crippen LogP contribution in [-0.2, 0) is 0 Å². The van der Waals surface area contributed by atoms with Crippen molar-refractivity contribution in [2.45, 2.75) is 40.2 Å². The summed E-state index contributed by atoms with van der Waals surface area (Å²) < 4.78 is 0. The van der Waals surface area contributed by atoms with Crippen LogP contribution >= 0.6 is 11.3 Å². The predicted octanol–water partition coefficient (Wildman–Crippen LogP) is 3.75. The van der Waals surface area contributed by atoms with Crippen LogP contribution in [0.2, 0.25) is 0 Å². The molecule has 0 aliphatic heterocycles. The lowest BCUT2D eigenvalue weighted by Crippen LogP contribution is -2.22. The zero-order valence-electron chi connectivity index (χ0n) is 9.63. The van der Waals surface area contributed by atoms with E-state index in [-0.39, 0.29) is 0 Å². The lowest BCUT2D eigenvalue weighted by Gasteiger charge is -2.20. The molecule has 0 radical (unpaired) electrons. The molecule has 0 amide bonds. The van der Waals surface area contributed by atoms with Crippen LogP contribution in [0.15, 0.2) is 10.8 Å². The topological polar surface area (TPSA) is 12.0 Å². The maximum atomic E-state index is 3.56. The van der Waals surface area contributed by atoms with E-state index in [2.05, 4.69) is 43.8 Å². The third kappa shape index (κ3) is 3.10. The number of aryl methyl sites for hydroxylation is 1. The second kappa shape index (κ2) is 5.52. The molecule has 0 aromatic carbocycles. The Morgan fingerprint density at radius 3 is 2.50 bits per heavy atom. The molecule has 80 valence electrons. The molecular weight excluding hydrogens is 190 g/mol. The second-order valence-electron chi connectivity index (χ2n) is 4.25. The highest BCUT2D eigenvalue weighted by Crippen LogP contribution is 2.26. The molecule has 0 aliphatic rings. The van der Waals surface area contributed by atoms with Crippen molar-refractivity contribution in [1.82, 2.24) is 5.32 Å². The van der Waals surface area contributed by atoms with E-state index in [9.17, 15) is 0 Å². The third-order valence-electron chi connectivity index (χ3n) is 2.43. The molecule has 0 saturated carbocycles. The number of nitrogens with one attached hydrogen (secondary N) is 1. The van der Waals surface area contributed by atoms with Gasteiger partial charge in [-0.25, -0.2) is 0 Å². The number of rotatable bonds is 5. The molecule has 1 rings (SSSR count). The van der Waals surface area contributed by atoms with Crippen molar-refractivity contribution >= 4 is 11.3 Å². The summed E-state index contributed by atoms with van der Waals surface area (Å²) >= 11 is 1.81. The van der Waals surface area contributed by atoms with Crippen molar-refractivity contribution in [3.8, 4) is 0 Å². The zero-order valence-corrected chi connectivity index (χ0v) is 10.4. The van der Waals surface area contributed by atoms with Gasteiger partial charge in [0.15, 0.2) is 0 Å². The van der Waals surface area contributed by atoms with Crippen LogP contribution in [0.25, 0.3) is 0 Å². The van der Waals surface area contributed by atoms with Gasteiger partial charge in [0.05, 0.1) is 0 Å². The van der Waals surface area contributed by atoms with Crippen LogP contribution < -0.4 is 5.32 Å². The normalized spacial score (nSPS) is 13.5. The number of thiophene rings is 1. The van der Waals surface area contributed by atoms with Gasteiger partial charge >= 0.3 is 0 Å². The average Bonchev–Trinajstić information content (AvgIpc) is 2.50. The Morgan fingerprint density at radius 1 is 1.36 bits per heavy atom. The zero-order chi connectivity index (χ0) is 10.6. The lowest BCUT2D eigenvalue weighted by molar-refractivity contribution is 0.438. The van der Waals surface area contributed by atoms with E-state index in [0.717, 1.165) is 12.5 Å². The minimum Gasteiger partial charge on any atom is -0.310 e. The first kappa shape index (κ1) is 11.7. The van der Waals surface area contributed by atoms with E-state index in [1.165, 1.54) is 17.5 Å². The van der Waals surface area contributed by atoms with Gasteiger partial charge in [-0.3, -0.25) is 0 Å². The first-order chi connectivity index (χ1) is 6.65. The molecule has 14 heavy (non-hydrogen) atoms. The fourth-order valence-corrected chi connectivity index (χ4v) is 2.67. The third-order valence-corrected chi connectivity index (χ3v) is 3.31. The van der Waals surface area contributed by atoms with Crippen molar-refractivity contribution in [2.24, 2.45) is 5.92 Å². The standard InChI is InChI=1S/C12H21NS/c1-5-13-12(6-9(2)3)11-8-14-7-10(11)4/h7-9,12-13H,5-6H2,1-4H3. The van der Waals surface area contributed by atoms with Gasteiger partial charge in [-0.1, -0.05) is 20.8 Å². The Balaban J connectivity index is 2.72. The van der Waals surface area contributed by atoms with E-state index in [1.807, 2.05) is 11.3 Å². The van der Waals surface area contributed by atoms with E-state index in [1.54, 1.807) is 0 Å². The smallest absolute Gasteiger partial charge is 0.0333 e. The highest BCUT2D eigenvalue weighted by Gasteiger charge is 2.14. The first-order valence-electron chi connectivity index (χ1n) is 5.41. The van der Waals surface area contributed by atoms with Gasteiger partial charge in [-0.15, -0.1) is 0 Å². The quantitative estimate of drug-likeness (QED) is 0.782. The van der Waals surface area contributed by atoms with Gasteiger partial charge < -0.3 is 5.32 Å². The van der Waals surface area contributed by atoms with Crippen molar-refractivity contribution in [3.63, 3.8) is 0 Å². The Hall–Kier alpha value is -0.340. The van der Waals surface area contributed by atoms with Gasteiger partial charge in [0.2, 0.25) is 0 Å². The van der Waals surface area contributed by atoms with Crippen molar-refractivity contribution in [1.29, 1.82) is 0 Å². The highest BCUT2D eigenvalue weighted by molar-refractivity contribution is 7.08. The van der Waals surface area contributed by atoms with E-state index in [4.69, 9.17) is 0 Å². The summed E-state index contributed by atoms with van der Waals surface area (Å²) in [6, 6.07) is 0.547. The molecule has 1 unspecified atom stereocenters. The number of hydrogen-bond acceptors (Lipinski definition) is 2. The fourth-order valence-electron chi connectivity index (χ4n) is 1.77. The maximum Gasteiger partial charge on any atom is 0.0333 e. The summed E-state index contributed by atoms with van der Waals surface area (Å²) in [5.41, 5.74) is 2.92. The molecule has 1 aromatic rings. The molecule has 0 spiro atoms. The summed E-state index contributed by atoms with van der Waals surface area (Å²) in [6.07, 6.45) is 1.23. The van der Waals surface area contributed by atoms with Crippen molar-refractivity contribution < 1.29 is 0 Å². The van der Waals surface area contributed by atoms with Gasteiger partial charge in [0.25, 0.3) is 0 Å².